The van der Waals surface area contributed by atoms with Crippen LogP contribution in [0.15, 0.2) is 23.7 Å². The van der Waals surface area contributed by atoms with Gasteiger partial charge in [0.1, 0.15) is 10.8 Å². The first kappa shape index (κ1) is 11.8. The number of aromatic nitrogens is 5. The van der Waals surface area contributed by atoms with E-state index in [9.17, 15) is 0 Å². The fourth-order valence-corrected chi connectivity index (χ4v) is 3.11. The summed E-state index contributed by atoms with van der Waals surface area (Å²) < 4.78 is 1.76. The van der Waals surface area contributed by atoms with Gasteiger partial charge in [-0.25, -0.2) is 4.98 Å². The molecule has 1 unspecified atom stereocenters. The van der Waals surface area contributed by atoms with Gasteiger partial charge in [-0.2, -0.15) is 4.52 Å². The van der Waals surface area contributed by atoms with Crippen LogP contribution in [0, 0.1) is 12.8 Å². The summed E-state index contributed by atoms with van der Waals surface area (Å²) in [7, 11) is 0. The smallest absolute Gasteiger partial charge is 0.178 e. The van der Waals surface area contributed by atoms with E-state index in [0.717, 1.165) is 22.3 Å². The van der Waals surface area contributed by atoms with Crippen molar-refractivity contribution in [2.45, 2.75) is 25.8 Å². The maximum absolute atomic E-state index is 4.55. The molecule has 1 aliphatic carbocycles. The molecular formula is C13H14N6S. The van der Waals surface area contributed by atoms with Crippen LogP contribution < -0.4 is 5.32 Å². The second kappa shape index (κ2) is 4.52. The molecule has 0 amide bonds. The highest BCUT2D eigenvalue weighted by atomic mass is 32.1. The van der Waals surface area contributed by atoms with Gasteiger partial charge in [-0.3, -0.25) is 0 Å². The second-order valence-corrected chi connectivity index (χ2v) is 5.99. The first-order valence-electron chi connectivity index (χ1n) is 6.66. The maximum atomic E-state index is 4.55. The zero-order valence-electron chi connectivity index (χ0n) is 11.0. The van der Waals surface area contributed by atoms with Gasteiger partial charge in [0.25, 0.3) is 0 Å². The van der Waals surface area contributed by atoms with E-state index in [4.69, 9.17) is 0 Å². The van der Waals surface area contributed by atoms with Crippen LogP contribution in [-0.4, -0.2) is 24.8 Å². The van der Waals surface area contributed by atoms with Crippen molar-refractivity contribution < 1.29 is 0 Å². The molecule has 4 rings (SSSR count). The van der Waals surface area contributed by atoms with Gasteiger partial charge in [0.15, 0.2) is 11.5 Å². The van der Waals surface area contributed by atoms with Gasteiger partial charge in [-0.1, -0.05) is 0 Å². The third-order valence-electron chi connectivity index (χ3n) is 3.53. The molecule has 3 aromatic rings. The number of anilines is 1. The molecule has 0 aliphatic heterocycles. The van der Waals surface area contributed by atoms with Crippen LogP contribution in [0.25, 0.3) is 5.65 Å². The fourth-order valence-electron chi connectivity index (χ4n) is 2.33. The van der Waals surface area contributed by atoms with Crippen LogP contribution in [0.1, 0.15) is 29.7 Å². The second-order valence-electron chi connectivity index (χ2n) is 5.07. The zero-order valence-corrected chi connectivity index (χ0v) is 11.8. The molecule has 0 spiro atoms. The van der Waals surface area contributed by atoms with Crippen LogP contribution in [0.3, 0.4) is 0 Å². The molecule has 1 aliphatic rings. The Morgan fingerprint density at radius 3 is 3.00 bits per heavy atom. The Morgan fingerprint density at radius 1 is 1.35 bits per heavy atom. The Kier molecular flexibility index (Phi) is 2.66. The number of nitrogens with zero attached hydrogens (tertiary/aromatic N) is 5. The Labute approximate surface area is 119 Å². The lowest BCUT2D eigenvalue weighted by Gasteiger charge is -2.16. The summed E-state index contributed by atoms with van der Waals surface area (Å²) >= 11 is 1.69. The molecule has 6 nitrogen and oxygen atoms in total. The summed E-state index contributed by atoms with van der Waals surface area (Å²) in [5.41, 5.74) is 0.769. The number of nitrogens with one attached hydrogen (secondary N) is 1. The van der Waals surface area contributed by atoms with E-state index in [2.05, 4.69) is 25.6 Å². The predicted molar refractivity (Wildman–Crippen MR) is 76.7 cm³/mol. The van der Waals surface area contributed by atoms with Gasteiger partial charge in [0.05, 0.1) is 6.04 Å². The van der Waals surface area contributed by atoms with Crippen LogP contribution in [-0.2, 0) is 0 Å². The summed E-state index contributed by atoms with van der Waals surface area (Å²) in [4.78, 5) is 4.44. The van der Waals surface area contributed by atoms with Crippen LogP contribution in [0.5, 0.6) is 0 Å². The lowest BCUT2D eigenvalue weighted by molar-refractivity contribution is 0.666. The van der Waals surface area contributed by atoms with E-state index in [-0.39, 0.29) is 6.04 Å². The van der Waals surface area contributed by atoms with Crippen molar-refractivity contribution in [3.63, 3.8) is 0 Å². The minimum Gasteiger partial charge on any atom is -0.359 e. The summed E-state index contributed by atoms with van der Waals surface area (Å²) in [6.45, 7) is 1.90. The third-order valence-corrected chi connectivity index (χ3v) is 4.39. The number of hydrogen-bond donors (Lipinski definition) is 1. The highest BCUT2D eigenvalue weighted by molar-refractivity contribution is 7.09. The standard InChI is InChI=1S/C13H14N6S/c1-8-16-17-11-5-4-10(18-19(8)11)15-12(9-2-3-9)13-14-6-7-20-13/h4-7,9,12H,2-3H2,1H3,(H,15,18). The highest BCUT2D eigenvalue weighted by Crippen LogP contribution is 2.43. The zero-order chi connectivity index (χ0) is 13.5. The number of rotatable bonds is 4. The monoisotopic (exact) mass is 286 g/mol. The summed E-state index contributed by atoms with van der Waals surface area (Å²) in [6, 6.07) is 4.14. The SMILES string of the molecule is Cc1nnc2ccc(NC(c3nccs3)C3CC3)nn12. The van der Waals surface area contributed by atoms with Gasteiger partial charge in [-0.15, -0.1) is 26.6 Å². The van der Waals surface area contributed by atoms with E-state index in [1.165, 1.54) is 12.8 Å². The molecule has 1 saturated carbocycles. The van der Waals surface area contributed by atoms with Gasteiger partial charge >= 0.3 is 0 Å². The van der Waals surface area contributed by atoms with Gasteiger partial charge in [-0.05, 0) is 37.8 Å². The number of thiazole rings is 1. The largest absolute Gasteiger partial charge is 0.359 e. The lowest BCUT2D eigenvalue weighted by atomic mass is 10.2. The Bertz CT molecular complexity index is 730. The average Bonchev–Trinajstić information content (AvgIpc) is 3.03. The third kappa shape index (κ3) is 2.03. The van der Waals surface area contributed by atoms with Gasteiger partial charge in [0, 0.05) is 11.6 Å². The molecule has 0 bridgehead atoms. The topological polar surface area (TPSA) is 68.0 Å². The summed E-state index contributed by atoms with van der Waals surface area (Å²) in [5, 5.41) is 19.3. The summed E-state index contributed by atoms with van der Waals surface area (Å²) in [6.07, 6.45) is 4.37. The normalized spacial score (nSPS) is 16.4. The minimum absolute atomic E-state index is 0.261. The van der Waals surface area contributed by atoms with Crippen LogP contribution in [0.2, 0.25) is 0 Å². The number of fused-ring (bicyclic) bond motifs is 1. The average molecular weight is 286 g/mol. The van der Waals surface area contributed by atoms with Crippen molar-refractivity contribution in [2.24, 2.45) is 5.92 Å². The van der Waals surface area contributed by atoms with E-state index in [0.29, 0.717) is 5.92 Å². The van der Waals surface area contributed by atoms with E-state index in [1.807, 2.05) is 30.6 Å². The first-order valence-corrected chi connectivity index (χ1v) is 7.54. The molecule has 7 heteroatoms. The van der Waals surface area contributed by atoms with E-state index in [1.54, 1.807) is 15.9 Å². The molecule has 0 saturated heterocycles. The summed E-state index contributed by atoms with van der Waals surface area (Å²) in [5.74, 6) is 2.30. The van der Waals surface area contributed by atoms with Crippen molar-refractivity contribution in [1.82, 2.24) is 24.8 Å². The minimum atomic E-state index is 0.261. The molecular weight excluding hydrogens is 272 g/mol. The van der Waals surface area contributed by atoms with E-state index < -0.39 is 0 Å². The van der Waals surface area contributed by atoms with Crippen molar-refractivity contribution in [2.75, 3.05) is 5.32 Å². The van der Waals surface area contributed by atoms with E-state index >= 15 is 0 Å². The maximum Gasteiger partial charge on any atom is 0.178 e. The van der Waals surface area contributed by atoms with Crippen LogP contribution in [0.4, 0.5) is 5.82 Å². The van der Waals surface area contributed by atoms with Gasteiger partial charge < -0.3 is 5.32 Å². The molecule has 3 aromatic heterocycles. The highest BCUT2D eigenvalue weighted by Gasteiger charge is 2.34. The Balaban J connectivity index is 1.66. The predicted octanol–water partition coefficient (Wildman–Crippen LogP) is 2.45. The molecule has 102 valence electrons. The molecule has 1 atom stereocenters. The van der Waals surface area contributed by atoms with Crippen molar-refractivity contribution >= 4 is 22.8 Å². The van der Waals surface area contributed by atoms with Crippen LogP contribution >= 0.6 is 11.3 Å². The Morgan fingerprint density at radius 2 is 2.25 bits per heavy atom. The fraction of sp³-hybridized carbons (Fsp3) is 0.385. The van der Waals surface area contributed by atoms with Crippen molar-refractivity contribution in [3.8, 4) is 0 Å². The molecule has 1 N–H and O–H groups in total. The van der Waals surface area contributed by atoms with Crippen molar-refractivity contribution in [1.29, 1.82) is 0 Å². The molecule has 1 fully saturated rings. The quantitative estimate of drug-likeness (QED) is 0.798. The Hall–Kier alpha value is -2.02. The number of aryl methyl sites for hydroxylation is 1. The number of hydrogen-bond acceptors (Lipinski definition) is 6. The molecule has 0 radical (unpaired) electrons. The molecule has 20 heavy (non-hydrogen) atoms. The first-order chi connectivity index (χ1) is 9.81. The van der Waals surface area contributed by atoms with Crippen molar-refractivity contribution in [3.05, 3.63) is 34.5 Å². The van der Waals surface area contributed by atoms with Gasteiger partial charge in [0.2, 0.25) is 0 Å². The molecule has 3 heterocycles. The molecule has 0 aromatic carbocycles. The lowest BCUT2D eigenvalue weighted by Crippen LogP contribution is -2.14.